The number of nitrogens with zero attached hydrogens (tertiary/aromatic N) is 2. The van der Waals surface area contributed by atoms with Gasteiger partial charge in [0.15, 0.2) is 0 Å². The first-order valence-electron chi connectivity index (χ1n) is 9.63. The number of nitriles is 1. The van der Waals surface area contributed by atoms with Gasteiger partial charge in [-0.15, -0.1) is 0 Å². The van der Waals surface area contributed by atoms with Crippen LogP contribution in [0.15, 0.2) is 41.4 Å². The van der Waals surface area contributed by atoms with Crippen LogP contribution in [0.25, 0.3) is 0 Å². The molecule has 0 saturated heterocycles. The van der Waals surface area contributed by atoms with E-state index in [1.807, 2.05) is 6.07 Å². The Hall–Kier alpha value is -2.85. The lowest BCUT2D eigenvalue weighted by molar-refractivity contribution is -0.115. The molecule has 0 spiro atoms. The maximum Gasteiger partial charge on any atom is 0.338 e. The van der Waals surface area contributed by atoms with Crippen LogP contribution < -0.4 is 5.32 Å². The number of nitrogens with one attached hydrogen (secondary N) is 1. The Labute approximate surface area is 175 Å². The molecule has 0 radical (unpaired) electrons. The summed E-state index contributed by atoms with van der Waals surface area (Å²) in [6, 6.07) is 12.3. The number of amides is 1. The number of rotatable bonds is 9. The Morgan fingerprint density at radius 1 is 1.21 bits per heavy atom. The van der Waals surface area contributed by atoms with E-state index in [0.29, 0.717) is 28.4 Å². The summed E-state index contributed by atoms with van der Waals surface area (Å²) in [5, 5.41) is 12.3. The van der Waals surface area contributed by atoms with Crippen molar-refractivity contribution in [1.29, 1.82) is 5.26 Å². The van der Waals surface area contributed by atoms with Gasteiger partial charge in [0.1, 0.15) is 11.1 Å². The number of benzene rings is 1. The third-order valence-corrected chi connectivity index (χ3v) is 5.25. The second-order valence-electron chi connectivity index (χ2n) is 6.42. The van der Waals surface area contributed by atoms with Crippen molar-refractivity contribution in [3.63, 3.8) is 0 Å². The summed E-state index contributed by atoms with van der Waals surface area (Å²) >= 11 is 1.26. The van der Waals surface area contributed by atoms with E-state index in [-0.39, 0.29) is 5.91 Å². The van der Waals surface area contributed by atoms with Gasteiger partial charge >= 0.3 is 5.97 Å². The maximum absolute atomic E-state index is 12.6. The summed E-state index contributed by atoms with van der Waals surface area (Å²) in [4.78, 5) is 28.8. The lowest BCUT2D eigenvalue weighted by atomic mass is 10.2. The number of pyridine rings is 1. The summed E-state index contributed by atoms with van der Waals surface area (Å²) in [6.07, 6.45) is 2.95. The van der Waals surface area contributed by atoms with Crippen molar-refractivity contribution < 1.29 is 14.3 Å². The average Bonchev–Trinajstić information content (AvgIpc) is 2.73. The molecule has 6 nitrogen and oxygen atoms in total. The zero-order valence-corrected chi connectivity index (χ0v) is 17.7. The molecule has 1 amide bonds. The van der Waals surface area contributed by atoms with Gasteiger partial charge in [-0.2, -0.15) is 5.26 Å². The van der Waals surface area contributed by atoms with Gasteiger partial charge in [0.2, 0.25) is 5.91 Å². The van der Waals surface area contributed by atoms with E-state index in [1.165, 1.54) is 11.8 Å². The fourth-order valence-electron chi connectivity index (χ4n) is 2.52. The molecule has 1 aromatic carbocycles. The van der Waals surface area contributed by atoms with E-state index in [9.17, 15) is 14.9 Å². The number of hydrogen-bond acceptors (Lipinski definition) is 6. The molecule has 0 saturated carbocycles. The number of carbonyl (C=O) groups excluding carboxylic acids is 2. The second-order valence-corrected chi connectivity index (χ2v) is 7.75. The molecule has 0 aliphatic heterocycles. The zero-order chi connectivity index (χ0) is 21.2. The van der Waals surface area contributed by atoms with Crippen LogP contribution in [-0.4, -0.2) is 28.7 Å². The summed E-state index contributed by atoms with van der Waals surface area (Å²) < 4.78 is 4.95. The lowest BCUT2D eigenvalue weighted by Gasteiger charge is -2.13. The molecule has 1 heterocycles. The largest absolute Gasteiger partial charge is 0.462 e. The smallest absolute Gasteiger partial charge is 0.338 e. The lowest BCUT2D eigenvalue weighted by Crippen LogP contribution is -2.22. The minimum atomic E-state index is -0.444. The molecule has 2 rings (SSSR count). The fourth-order valence-corrected chi connectivity index (χ4v) is 3.43. The highest BCUT2D eigenvalue weighted by atomic mass is 32.2. The van der Waals surface area contributed by atoms with Gasteiger partial charge in [-0.05, 0) is 63.1 Å². The third kappa shape index (κ3) is 6.61. The molecule has 0 aliphatic rings. The number of thioether (sulfide) groups is 1. The molecule has 7 heteroatoms. The van der Waals surface area contributed by atoms with Crippen LogP contribution >= 0.6 is 11.8 Å². The molecule has 152 valence electrons. The average molecular weight is 412 g/mol. The van der Waals surface area contributed by atoms with Crippen LogP contribution in [0.5, 0.6) is 0 Å². The number of aryl methyl sites for hydroxylation is 1. The molecule has 1 aromatic heterocycles. The van der Waals surface area contributed by atoms with Crippen molar-refractivity contribution in [3.05, 3.63) is 53.2 Å². The van der Waals surface area contributed by atoms with Crippen molar-refractivity contribution in [2.24, 2.45) is 0 Å². The number of carbonyl (C=O) groups is 2. The van der Waals surface area contributed by atoms with E-state index < -0.39 is 11.2 Å². The van der Waals surface area contributed by atoms with Crippen LogP contribution in [0.4, 0.5) is 5.69 Å². The number of aromatic nitrogens is 1. The standard InChI is InChI=1S/C22H25N3O3S/c1-4-6-7-18-13-10-17(14-23)21(25-18)29-15(3)20(26)24-19-11-8-16(9-12-19)22(27)28-5-2/h8-13,15H,4-7H2,1-3H3,(H,24,26). The highest BCUT2D eigenvalue weighted by Crippen LogP contribution is 2.26. The minimum Gasteiger partial charge on any atom is -0.462 e. The summed E-state index contributed by atoms with van der Waals surface area (Å²) in [5.41, 5.74) is 2.41. The van der Waals surface area contributed by atoms with Gasteiger partial charge in [-0.25, -0.2) is 9.78 Å². The first kappa shape index (κ1) is 22.4. The molecule has 29 heavy (non-hydrogen) atoms. The van der Waals surface area contributed by atoms with Crippen LogP contribution in [-0.2, 0) is 16.0 Å². The second kappa shape index (κ2) is 11.2. The Kier molecular flexibility index (Phi) is 8.68. The quantitative estimate of drug-likeness (QED) is 0.479. The Morgan fingerprint density at radius 2 is 1.93 bits per heavy atom. The molecular weight excluding hydrogens is 386 g/mol. The van der Waals surface area contributed by atoms with Gasteiger partial charge in [-0.3, -0.25) is 4.79 Å². The number of esters is 1. The van der Waals surface area contributed by atoms with Crippen LogP contribution in [0, 0.1) is 11.3 Å². The molecular formula is C22H25N3O3S. The molecule has 1 unspecified atom stereocenters. The summed E-state index contributed by atoms with van der Waals surface area (Å²) in [6.45, 7) is 5.95. The monoisotopic (exact) mass is 411 g/mol. The highest BCUT2D eigenvalue weighted by molar-refractivity contribution is 8.00. The number of unbranched alkanes of at least 4 members (excludes halogenated alkanes) is 1. The van der Waals surface area contributed by atoms with E-state index in [4.69, 9.17) is 4.74 Å². The van der Waals surface area contributed by atoms with Crippen molar-refractivity contribution in [2.45, 2.75) is 50.3 Å². The predicted molar refractivity (Wildman–Crippen MR) is 114 cm³/mol. The Balaban J connectivity index is 2.03. The summed E-state index contributed by atoms with van der Waals surface area (Å²) in [7, 11) is 0. The first-order valence-corrected chi connectivity index (χ1v) is 10.5. The number of anilines is 1. The normalized spacial score (nSPS) is 11.4. The highest BCUT2D eigenvalue weighted by Gasteiger charge is 2.18. The van der Waals surface area contributed by atoms with Gasteiger partial charge in [0.05, 0.1) is 23.0 Å². The van der Waals surface area contributed by atoms with E-state index in [0.717, 1.165) is 25.0 Å². The van der Waals surface area contributed by atoms with Crippen LogP contribution in [0.3, 0.4) is 0 Å². The van der Waals surface area contributed by atoms with Crippen molar-refractivity contribution in [2.75, 3.05) is 11.9 Å². The van der Waals surface area contributed by atoms with E-state index in [1.54, 1.807) is 44.2 Å². The Bertz CT molecular complexity index is 891. The van der Waals surface area contributed by atoms with E-state index in [2.05, 4.69) is 23.3 Å². The van der Waals surface area contributed by atoms with Crippen molar-refractivity contribution in [1.82, 2.24) is 4.98 Å². The van der Waals surface area contributed by atoms with Gasteiger partial charge < -0.3 is 10.1 Å². The van der Waals surface area contributed by atoms with Crippen LogP contribution in [0.1, 0.15) is 55.2 Å². The maximum atomic E-state index is 12.6. The molecule has 0 bridgehead atoms. The summed E-state index contributed by atoms with van der Waals surface area (Å²) in [5.74, 6) is -0.601. The zero-order valence-electron chi connectivity index (χ0n) is 16.9. The number of ether oxygens (including phenoxy) is 1. The predicted octanol–water partition coefficient (Wildman–Crippen LogP) is 4.59. The number of hydrogen-bond donors (Lipinski definition) is 1. The topological polar surface area (TPSA) is 92.1 Å². The van der Waals surface area contributed by atoms with Crippen molar-refractivity contribution in [3.8, 4) is 6.07 Å². The van der Waals surface area contributed by atoms with Gasteiger partial charge in [0.25, 0.3) is 0 Å². The molecule has 1 atom stereocenters. The molecule has 2 aromatic rings. The van der Waals surface area contributed by atoms with Gasteiger partial charge in [-0.1, -0.05) is 25.1 Å². The molecule has 0 aliphatic carbocycles. The van der Waals surface area contributed by atoms with Gasteiger partial charge in [0, 0.05) is 11.4 Å². The minimum absolute atomic E-state index is 0.205. The first-order chi connectivity index (χ1) is 14.0. The van der Waals surface area contributed by atoms with E-state index >= 15 is 0 Å². The molecule has 0 fully saturated rings. The van der Waals surface area contributed by atoms with Crippen molar-refractivity contribution >= 4 is 29.3 Å². The van der Waals surface area contributed by atoms with Crippen LogP contribution in [0.2, 0.25) is 0 Å². The molecule has 1 N–H and O–H groups in total. The SMILES string of the molecule is CCCCc1ccc(C#N)c(SC(C)C(=O)Nc2ccc(C(=O)OCC)cc2)n1. The third-order valence-electron chi connectivity index (χ3n) is 4.15. The fraction of sp³-hybridized carbons (Fsp3) is 0.364. The Morgan fingerprint density at radius 3 is 2.55 bits per heavy atom.